The number of ether oxygens (including phenoxy) is 3. The first-order valence-electron chi connectivity index (χ1n) is 8.39. The number of hydrogen-bond acceptors (Lipinski definition) is 4. The monoisotopic (exact) mass is 305 g/mol. The maximum atomic E-state index is 5.76. The Bertz CT molecular complexity index is 485. The number of likely N-dealkylation sites (tertiary alicyclic amines) is 1. The molecule has 0 amide bonds. The predicted molar refractivity (Wildman–Crippen MR) is 86.7 cm³/mol. The van der Waals surface area contributed by atoms with Gasteiger partial charge in [-0.1, -0.05) is 6.07 Å². The molecule has 22 heavy (non-hydrogen) atoms. The summed E-state index contributed by atoms with van der Waals surface area (Å²) in [6.45, 7) is 3.26. The highest BCUT2D eigenvalue weighted by Gasteiger charge is 2.27. The smallest absolute Gasteiger partial charge is 0.161 e. The van der Waals surface area contributed by atoms with E-state index in [-0.39, 0.29) is 0 Å². The molecule has 0 unspecified atom stereocenters. The average molecular weight is 305 g/mol. The highest BCUT2D eigenvalue weighted by molar-refractivity contribution is 5.44. The maximum Gasteiger partial charge on any atom is 0.161 e. The van der Waals surface area contributed by atoms with Gasteiger partial charge in [-0.15, -0.1) is 0 Å². The number of methoxy groups -OCH3 is 2. The number of rotatable bonds is 6. The molecule has 0 saturated carbocycles. The molecule has 1 aromatic carbocycles. The molecule has 0 radical (unpaired) electrons. The van der Waals surface area contributed by atoms with Gasteiger partial charge < -0.3 is 14.2 Å². The van der Waals surface area contributed by atoms with Crippen molar-refractivity contribution in [2.75, 3.05) is 33.9 Å². The zero-order chi connectivity index (χ0) is 15.4. The fraction of sp³-hybridized carbons (Fsp3) is 0.667. The van der Waals surface area contributed by atoms with Crippen molar-refractivity contribution in [3.05, 3.63) is 23.8 Å². The van der Waals surface area contributed by atoms with E-state index < -0.39 is 0 Å². The minimum Gasteiger partial charge on any atom is -0.493 e. The third-order valence-corrected chi connectivity index (χ3v) is 4.92. The van der Waals surface area contributed by atoms with Crippen LogP contribution in [0.1, 0.15) is 43.7 Å². The standard InChI is InChI=1S/C18H27NO3/c1-20-17-8-7-14(13-18(17)21-2)16-6-3-10-19(16)11-9-15-5-4-12-22-15/h7-8,13,15-16H,3-6,9-12H2,1-2H3/t15-,16+/m1/s1. The van der Waals surface area contributed by atoms with Crippen LogP contribution in [-0.4, -0.2) is 44.9 Å². The van der Waals surface area contributed by atoms with Crippen LogP contribution in [0, 0.1) is 0 Å². The van der Waals surface area contributed by atoms with Crippen LogP contribution in [0.15, 0.2) is 18.2 Å². The minimum absolute atomic E-state index is 0.478. The Morgan fingerprint density at radius 3 is 2.73 bits per heavy atom. The third-order valence-electron chi connectivity index (χ3n) is 4.92. The van der Waals surface area contributed by atoms with Gasteiger partial charge in [-0.2, -0.15) is 0 Å². The lowest BCUT2D eigenvalue weighted by atomic mass is 10.0. The first-order chi connectivity index (χ1) is 10.8. The van der Waals surface area contributed by atoms with Gasteiger partial charge in [-0.25, -0.2) is 0 Å². The van der Waals surface area contributed by atoms with Gasteiger partial charge in [0.25, 0.3) is 0 Å². The molecule has 3 rings (SSSR count). The molecular weight excluding hydrogens is 278 g/mol. The van der Waals surface area contributed by atoms with E-state index in [1.54, 1.807) is 14.2 Å². The Balaban J connectivity index is 1.66. The molecule has 2 aliphatic rings. The average Bonchev–Trinajstić information content (AvgIpc) is 3.23. The molecule has 2 saturated heterocycles. The van der Waals surface area contributed by atoms with Crippen molar-refractivity contribution < 1.29 is 14.2 Å². The van der Waals surface area contributed by atoms with Crippen LogP contribution in [0.4, 0.5) is 0 Å². The van der Waals surface area contributed by atoms with Crippen molar-refractivity contribution in [2.45, 2.75) is 44.2 Å². The molecular formula is C18H27NO3. The van der Waals surface area contributed by atoms with E-state index in [0.717, 1.165) is 31.1 Å². The minimum atomic E-state index is 0.478. The van der Waals surface area contributed by atoms with Crippen LogP contribution in [-0.2, 0) is 4.74 Å². The quantitative estimate of drug-likeness (QED) is 0.806. The first kappa shape index (κ1) is 15.6. The van der Waals surface area contributed by atoms with Gasteiger partial charge in [0.1, 0.15) is 0 Å². The summed E-state index contributed by atoms with van der Waals surface area (Å²) in [7, 11) is 3.38. The Morgan fingerprint density at radius 2 is 2.00 bits per heavy atom. The number of hydrogen-bond donors (Lipinski definition) is 0. The van der Waals surface area contributed by atoms with Crippen LogP contribution in [0.3, 0.4) is 0 Å². The molecule has 0 N–H and O–H groups in total. The van der Waals surface area contributed by atoms with E-state index in [2.05, 4.69) is 17.0 Å². The second-order valence-electron chi connectivity index (χ2n) is 6.23. The molecule has 4 nitrogen and oxygen atoms in total. The molecule has 2 fully saturated rings. The van der Waals surface area contributed by atoms with Gasteiger partial charge >= 0.3 is 0 Å². The molecule has 2 aliphatic heterocycles. The highest BCUT2D eigenvalue weighted by Crippen LogP contribution is 2.37. The van der Waals surface area contributed by atoms with Crippen molar-refractivity contribution in [1.82, 2.24) is 4.90 Å². The van der Waals surface area contributed by atoms with Crippen LogP contribution in [0.25, 0.3) is 0 Å². The van der Waals surface area contributed by atoms with E-state index in [4.69, 9.17) is 14.2 Å². The van der Waals surface area contributed by atoms with Crippen molar-refractivity contribution in [2.24, 2.45) is 0 Å². The molecule has 0 aliphatic carbocycles. The van der Waals surface area contributed by atoms with Crippen LogP contribution in [0.2, 0.25) is 0 Å². The van der Waals surface area contributed by atoms with Gasteiger partial charge in [-0.05, 0) is 56.3 Å². The van der Waals surface area contributed by atoms with Gasteiger partial charge in [-0.3, -0.25) is 4.90 Å². The Hall–Kier alpha value is -1.26. The normalized spacial score (nSPS) is 25.5. The summed E-state index contributed by atoms with van der Waals surface area (Å²) in [5.74, 6) is 1.63. The lowest BCUT2D eigenvalue weighted by molar-refractivity contribution is 0.0901. The van der Waals surface area contributed by atoms with E-state index in [9.17, 15) is 0 Å². The summed E-state index contributed by atoms with van der Waals surface area (Å²) >= 11 is 0. The lowest BCUT2D eigenvalue weighted by Gasteiger charge is -2.26. The van der Waals surface area contributed by atoms with Gasteiger partial charge in [0.2, 0.25) is 0 Å². The highest BCUT2D eigenvalue weighted by atomic mass is 16.5. The summed E-state index contributed by atoms with van der Waals surface area (Å²) in [6.07, 6.45) is 6.58. The third kappa shape index (κ3) is 3.39. The topological polar surface area (TPSA) is 30.9 Å². The SMILES string of the molecule is COc1ccc([C@@H]2CCCN2CC[C@H]2CCCO2)cc1OC. The molecule has 2 heterocycles. The second-order valence-corrected chi connectivity index (χ2v) is 6.23. The molecule has 0 bridgehead atoms. The van der Waals surface area contributed by atoms with E-state index >= 15 is 0 Å². The zero-order valence-electron chi connectivity index (χ0n) is 13.7. The van der Waals surface area contributed by atoms with Crippen molar-refractivity contribution >= 4 is 0 Å². The van der Waals surface area contributed by atoms with Crippen molar-refractivity contribution in [3.63, 3.8) is 0 Å². The van der Waals surface area contributed by atoms with Crippen molar-refractivity contribution in [3.8, 4) is 11.5 Å². The molecule has 0 aromatic heterocycles. The van der Waals surface area contributed by atoms with Crippen LogP contribution >= 0.6 is 0 Å². The van der Waals surface area contributed by atoms with E-state index in [1.165, 1.54) is 37.8 Å². The zero-order valence-corrected chi connectivity index (χ0v) is 13.7. The molecule has 2 atom stereocenters. The Kier molecular flexibility index (Phi) is 5.21. The molecule has 4 heteroatoms. The summed E-state index contributed by atoms with van der Waals surface area (Å²) < 4.78 is 16.5. The summed E-state index contributed by atoms with van der Waals surface area (Å²) in [5, 5.41) is 0. The fourth-order valence-electron chi connectivity index (χ4n) is 3.71. The largest absolute Gasteiger partial charge is 0.493 e. The summed E-state index contributed by atoms with van der Waals surface area (Å²) in [6, 6.07) is 6.83. The molecule has 1 aromatic rings. The second kappa shape index (κ2) is 7.34. The first-order valence-corrected chi connectivity index (χ1v) is 8.39. The Labute approximate surface area is 133 Å². The predicted octanol–water partition coefficient (Wildman–Crippen LogP) is 3.41. The summed E-state index contributed by atoms with van der Waals surface area (Å²) in [4.78, 5) is 2.60. The van der Waals surface area contributed by atoms with Gasteiger partial charge in [0, 0.05) is 19.2 Å². The Morgan fingerprint density at radius 1 is 1.14 bits per heavy atom. The lowest BCUT2D eigenvalue weighted by Crippen LogP contribution is -2.27. The summed E-state index contributed by atoms with van der Waals surface area (Å²) in [5.41, 5.74) is 1.34. The number of benzene rings is 1. The maximum absolute atomic E-state index is 5.76. The van der Waals surface area contributed by atoms with Crippen LogP contribution in [0.5, 0.6) is 11.5 Å². The van der Waals surface area contributed by atoms with E-state index in [0.29, 0.717) is 12.1 Å². The number of nitrogens with zero attached hydrogens (tertiary/aromatic N) is 1. The van der Waals surface area contributed by atoms with Crippen molar-refractivity contribution in [1.29, 1.82) is 0 Å². The molecule has 122 valence electrons. The fourth-order valence-corrected chi connectivity index (χ4v) is 3.71. The van der Waals surface area contributed by atoms with Gasteiger partial charge in [0.15, 0.2) is 11.5 Å². The molecule has 0 spiro atoms. The van der Waals surface area contributed by atoms with Crippen LogP contribution < -0.4 is 9.47 Å². The van der Waals surface area contributed by atoms with E-state index in [1.807, 2.05) is 6.07 Å². The van der Waals surface area contributed by atoms with Gasteiger partial charge in [0.05, 0.1) is 20.3 Å².